The van der Waals surface area contributed by atoms with Gasteiger partial charge in [-0.3, -0.25) is 4.98 Å². The molecular weight excluding hydrogens is 230 g/mol. The average Bonchev–Trinajstić information content (AvgIpc) is 2.50. The summed E-state index contributed by atoms with van der Waals surface area (Å²) in [6.45, 7) is 7.40. The van der Waals surface area contributed by atoms with Crippen molar-refractivity contribution >= 4 is 17.4 Å². The van der Waals surface area contributed by atoms with E-state index in [1.807, 2.05) is 12.3 Å². The topological polar surface area (TPSA) is 42.1 Å². The van der Waals surface area contributed by atoms with E-state index in [0.29, 0.717) is 11.3 Å². The molecule has 0 radical (unpaired) electrons. The van der Waals surface area contributed by atoms with Crippen LogP contribution in [0.2, 0.25) is 0 Å². The first-order valence-electron chi connectivity index (χ1n) is 6.15. The highest BCUT2D eigenvalue weighted by Gasteiger charge is 2.23. The minimum Gasteiger partial charge on any atom is -0.369 e. The summed E-state index contributed by atoms with van der Waals surface area (Å²) in [4.78, 5) is 6.79. The van der Waals surface area contributed by atoms with Crippen LogP contribution in [0.15, 0.2) is 18.3 Å². The first-order chi connectivity index (χ1) is 8.11. The van der Waals surface area contributed by atoms with Crippen molar-refractivity contribution in [2.75, 3.05) is 23.7 Å². The van der Waals surface area contributed by atoms with Crippen molar-refractivity contribution in [3.8, 4) is 0 Å². The van der Waals surface area contributed by atoms with Crippen LogP contribution < -0.4 is 10.6 Å². The second-order valence-electron chi connectivity index (χ2n) is 5.06. The number of aromatic nitrogens is 1. The Hall–Kier alpha value is -0.740. The van der Waals surface area contributed by atoms with E-state index in [9.17, 15) is 0 Å². The normalized spacial score (nSPS) is 20.1. The van der Waals surface area contributed by atoms with Gasteiger partial charge in [0.1, 0.15) is 0 Å². The van der Waals surface area contributed by atoms with Crippen LogP contribution in [0.3, 0.4) is 0 Å². The van der Waals surface area contributed by atoms with Crippen molar-refractivity contribution in [1.82, 2.24) is 4.98 Å². The zero-order chi connectivity index (χ0) is 12.3. The van der Waals surface area contributed by atoms with Gasteiger partial charge in [-0.2, -0.15) is 11.8 Å². The van der Waals surface area contributed by atoms with Gasteiger partial charge in [0.25, 0.3) is 0 Å². The van der Waals surface area contributed by atoms with Crippen LogP contribution in [0.1, 0.15) is 26.0 Å². The van der Waals surface area contributed by atoms with Gasteiger partial charge in [-0.1, -0.05) is 13.8 Å². The largest absolute Gasteiger partial charge is 0.369 e. The van der Waals surface area contributed by atoms with Crippen LogP contribution in [-0.2, 0) is 6.54 Å². The summed E-state index contributed by atoms with van der Waals surface area (Å²) >= 11 is 2.07. The van der Waals surface area contributed by atoms with Gasteiger partial charge in [-0.05, 0) is 18.6 Å². The number of hydrogen-bond acceptors (Lipinski definition) is 4. The highest BCUT2D eigenvalue weighted by atomic mass is 32.2. The Bertz CT molecular complexity index is 361. The summed E-state index contributed by atoms with van der Waals surface area (Å²) in [7, 11) is 0. The molecule has 2 N–H and O–H groups in total. The fraction of sp³-hybridized carbons (Fsp3) is 0.615. The molecule has 0 bridgehead atoms. The van der Waals surface area contributed by atoms with Gasteiger partial charge < -0.3 is 10.6 Å². The van der Waals surface area contributed by atoms with E-state index in [0.717, 1.165) is 18.8 Å². The second-order valence-corrected chi connectivity index (χ2v) is 6.86. The minimum atomic E-state index is 0.402. The Labute approximate surface area is 108 Å². The molecule has 17 heavy (non-hydrogen) atoms. The molecule has 1 aliphatic heterocycles. The predicted molar refractivity (Wildman–Crippen MR) is 75.5 cm³/mol. The number of nitrogens with zero attached hydrogens (tertiary/aromatic N) is 2. The van der Waals surface area contributed by atoms with Gasteiger partial charge in [0, 0.05) is 30.1 Å². The van der Waals surface area contributed by atoms with Crippen molar-refractivity contribution in [3.05, 3.63) is 24.0 Å². The molecular formula is C13H21N3S. The van der Waals surface area contributed by atoms with Crippen molar-refractivity contribution < 1.29 is 0 Å². The molecule has 0 amide bonds. The third-order valence-electron chi connectivity index (χ3n) is 3.22. The molecule has 1 aliphatic rings. The van der Waals surface area contributed by atoms with E-state index >= 15 is 0 Å². The Kier molecular flexibility index (Phi) is 3.94. The highest BCUT2D eigenvalue weighted by molar-refractivity contribution is 8.00. The zero-order valence-corrected chi connectivity index (χ0v) is 11.5. The zero-order valence-electron chi connectivity index (χ0n) is 10.6. The molecule has 0 aliphatic carbocycles. The van der Waals surface area contributed by atoms with Gasteiger partial charge >= 0.3 is 0 Å². The minimum absolute atomic E-state index is 0.402. The van der Waals surface area contributed by atoms with Gasteiger partial charge in [-0.25, -0.2) is 0 Å². The first-order valence-corrected chi connectivity index (χ1v) is 7.13. The third-order valence-corrected chi connectivity index (χ3v) is 4.59. The predicted octanol–water partition coefficient (Wildman–Crippen LogP) is 2.26. The van der Waals surface area contributed by atoms with E-state index in [-0.39, 0.29) is 0 Å². The van der Waals surface area contributed by atoms with E-state index in [1.165, 1.54) is 17.9 Å². The maximum absolute atomic E-state index is 5.56. The van der Waals surface area contributed by atoms with Crippen molar-refractivity contribution in [2.45, 2.75) is 31.6 Å². The van der Waals surface area contributed by atoms with Crippen molar-refractivity contribution in [2.24, 2.45) is 5.73 Å². The van der Waals surface area contributed by atoms with Crippen LogP contribution in [0, 0.1) is 0 Å². The number of pyridine rings is 1. The molecule has 1 aromatic heterocycles. The molecule has 0 unspecified atom stereocenters. The lowest BCUT2D eigenvalue weighted by molar-refractivity contribution is 0.637. The summed E-state index contributed by atoms with van der Waals surface area (Å²) in [5.74, 6) is 1.19. The summed E-state index contributed by atoms with van der Waals surface area (Å²) in [6.07, 6.45) is 3.17. The first kappa shape index (κ1) is 12.7. The second kappa shape index (κ2) is 5.27. The molecule has 4 heteroatoms. The van der Waals surface area contributed by atoms with Gasteiger partial charge in [0.2, 0.25) is 0 Å². The Balaban J connectivity index is 2.06. The molecule has 2 rings (SSSR count). The smallest absolute Gasteiger partial charge is 0.0553 e. The summed E-state index contributed by atoms with van der Waals surface area (Å²) in [5.41, 5.74) is 7.74. The highest BCUT2D eigenvalue weighted by Crippen LogP contribution is 2.32. The lowest BCUT2D eigenvalue weighted by Gasteiger charge is -2.24. The number of rotatable bonds is 2. The summed E-state index contributed by atoms with van der Waals surface area (Å²) < 4.78 is 0.402. The van der Waals surface area contributed by atoms with Crippen LogP contribution in [-0.4, -0.2) is 28.6 Å². The lowest BCUT2D eigenvalue weighted by atomic mass is 10.1. The van der Waals surface area contributed by atoms with Crippen LogP contribution in [0.25, 0.3) is 0 Å². The Morgan fingerprint density at radius 3 is 2.88 bits per heavy atom. The SMILES string of the molecule is CC1(C)CCN(c2ccc(CN)nc2)CCS1. The van der Waals surface area contributed by atoms with E-state index in [4.69, 9.17) is 5.73 Å². The third kappa shape index (κ3) is 3.36. The molecule has 3 nitrogen and oxygen atoms in total. The van der Waals surface area contributed by atoms with E-state index < -0.39 is 0 Å². The van der Waals surface area contributed by atoms with Crippen LogP contribution >= 0.6 is 11.8 Å². The van der Waals surface area contributed by atoms with E-state index in [1.54, 1.807) is 0 Å². The molecule has 1 saturated heterocycles. The maximum atomic E-state index is 5.56. The maximum Gasteiger partial charge on any atom is 0.0553 e. The van der Waals surface area contributed by atoms with Crippen molar-refractivity contribution in [1.29, 1.82) is 0 Å². The number of thioether (sulfide) groups is 1. The number of hydrogen-bond donors (Lipinski definition) is 1. The van der Waals surface area contributed by atoms with Gasteiger partial charge in [0.15, 0.2) is 0 Å². The standard InChI is InChI=1S/C13H21N3S/c1-13(2)5-6-16(7-8-17-13)12-4-3-11(9-14)15-10-12/h3-4,10H,5-9,14H2,1-2H3. The molecule has 0 atom stereocenters. The molecule has 1 fully saturated rings. The molecule has 1 aromatic rings. The van der Waals surface area contributed by atoms with Crippen molar-refractivity contribution in [3.63, 3.8) is 0 Å². The quantitative estimate of drug-likeness (QED) is 0.875. The summed E-state index contributed by atoms with van der Waals surface area (Å²) in [5, 5.41) is 0. The molecule has 94 valence electrons. The van der Waals surface area contributed by atoms with Crippen LogP contribution in [0.5, 0.6) is 0 Å². The lowest BCUT2D eigenvalue weighted by Crippen LogP contribution is -2.27. The fourth-order valence-corrected chi connectivity index (χ4v) is 3.10. The van der Waals surface area contributed by atoms with Crippen LogP contribution in [0.4, 0.5) is 5.69 Å². The van der Waals surface area contributed by atoms with E-state index in [2.05, 4.69) is 41.6 Å². The monoisotopic (exact) mass is 251 g/mol. The molecule has 0 aromatic carbocycles. The Morgan fingerprint density at radius 1 is 1.41 bits per heavy atom. The van der Waals surface area contributed by atoms with Gasteiger partial charge in [-0.15, -0.1) is 0 Å². The molecule has 2 heterocycles. The van der Waals surface area contributed by atoms with Gasteiger partial charge in [0.05, 0.1) is 17.6 Å². The molecule has 0 saturated carbocycles. The Morgan fingerprint density at radius 2 is 2.24 bits per heavy atom. The molecule has 0 spiro atoms. The number of nitrogens with two attached hydrogens (primary N) is 1. The summed E-state index contributed by atoms with van der Waals surface area (Å²) in [6, 6.07) is 4.16. The average molecular weight is 251 g/mol. The number of anilines is 1. The fourth-order valence-electron chi connectivity index (χ4n) is 2.00.